The Bertz CT molecular complexity index is 1820. The van der Waals surface area contributed by atoms with Crippen LogP contribution in [-0.2, 0) is 15.1 Å². The van der Waals surface area contributed by atoms with Gasteiger partial charge in [0, 0.05) is 24.8 Å². The van der Waals surface area contributed by atoms with Crippen molar-refractivity contribution >= 4 is 62.5 Å². The number of carbonyl (C=O) groups is 2. The van der Waals surface area contributed by atoms with Crippen molar-refractivity contribution in [2.45, 2.75) is 57.9 Å². The highest BCUT2D eigenvalue weighted by Gasteiger charge is 2.38. The molecule has 0 unspecified atom stereocenters. The number of alkyl halides is 3. The highest BCUT2D eigenvalue weighted by Crippen LogP contribution is 2.34. The van der Waals surface area contributed by atoms with Gasteiger partial charge in [0.05, 0.1) is 29.4 Å². The predicted octanol–water partition coefficient (Wildman–Crippen LogP) is 6.20. The molecule has 262 valence electrons. The fraction of sp³-hybridized carbons (Fsp3) is 0.424. The largest absolute Gasteiger partial charge is 0.490 e. The van der Waals surface area contributed by atoms with Crippen molar-refractivity contribution in [3.05, 3.63) is 58.6 Å². The smallest absolute Gasteiger partial charge is 0.475 e. The van der Waals surface area contributed by atoms with Crippen molar-refractivity contribution in [3.63, 3.8) is 0 Å². The van der Waals surface area contributed by atoms with Gasteiger partial charge in [-0.15, -0.1) is 11.3 Å². The number of pyridine rings is 1. The average molecular weight is 702 g/mol. The number of aliphatic hydroxyl groups is 1. The third kappa shape index (κ3) is 8.55. The Morgan fingerprint density at radius 2 is 1.71 bits per heavy atom. The van der Waals surface area contributed by atoms with Crippen LogP contribution in [0.4, 0.5) is 42.1 Å². The van der Waals surface area contributed by atoms with Gasteiger partial charge in [0.1, 0.15) is 22.1 Å². The lowest BCUT2D eigenvalue weighted by molar-refractivity contribution is -0.192. The zero-order valence-corrected chi connectivity index (χ0v) is 28.3. The number of piperidine rings is 1. The highest BCUT2D eigenvalue weighted by atomic mass is 32.1. The van der Waals surface area contributed by atoms with Gasteiger partial charge in [0.2, 0.25) is 5.95 Å². The summed E-state index contributed by atoms with van der Waals surface area (Å²) < 4.78 is 36.9. The van der Waals surface area contributed by atoms with Crippen LogP contribution < -0.4 is 15.5 Å². The summed E-state index contributed by atoms with van der Waals surface area (Å²) >= 11 is 1.54. The van der Waals surface area contributed by atoms with Crippen molar-refractivity contribution < 1.29 is 37.7 Å². The summed E-state index contributed by atoms with van der Waals surface area (Å²) in [6, 6.07) is 11.9. The van der Waals surface area contributed by atoms with Crippen LogP contribution in [0.25, 0.3) is 10.2 Å². The van der Waals surface area contributed by atoms with Gasteiger partial charge in [0.15, 0.2) is 0 Å². The number of aromatic nitrogens is 3. The Morgan fingerprint density at radius 3 is 2.31 bits per heavy atom. The molecule has 1 aromatic carbocycles. The minimum absolute atomic E-state index is 0.371. The van der Waals surface area contributed by atoms with E-state index in [4.69, 9.17) is 24.6 Å². The molecule has 2 aliphatic rings. The number of likely N-dealkylation sites (tertiary alicyclic amines) is 1. The molecule has 0 saturated carbocycles. The van der Waals surface area contributed by atoms with Gasteiger partial charge >= 0.3 is 18.1 Å². The summed E-state index contributed by atoms with van der Waals surface area (Å²) in [5.74, 6) is -1.56. The fourth-order valence-corrected chi connectivity index (χ4v) is 6.59. The lowest BCUT2D eigenvalue weighted by atomic mass is 9.98. The highest BCUT2D eigenvalue weighted by molar-refractivity contribution is 7.17. The van der Waals surface area contributed by atoms with Gasteiger partial charge in [-0.25, -0.2) is 19.6 Å². The van der Waals surface area contributed by atoms with Gasteiger partial charge in [-0.1, -0.05) is 6.07 Å². The predicted molar refractivity (Wildman–Crippen MR) is 181 cm³/mol. The number of thiophene rings is 1. The van der Waals surface area contributed by atoms with Crippen LogP contribution in [0.1, 0.15) is 54.7 Å². The molecule has 12 nitrogen and oxygen atoms in total. The van der Waals surface area contributed by atoms with Gasteiger partial charge in [-0.2, -0.15) is 18.2 Å². The topological polar surface area (TPSA) is 153 Å². The maximum atomic E-state index is 12.9. The van der Waals surface area contributed by atoms with Gasteiger partial charge in [-0.05, 0) is 94.4 Å². The molecule has 2 aliphatic heterocycles. The van der Waals surface area contributed by atoms with E-state index in [1.165, 1.54) is 38.0 Å². The van der Waals surface area contributed by atoms with Crippen LogP contribution >= 0.6 is 11.3 Å². The first-order valence-corrected chi connectivity index (χ1v) is 16.5. The van der Waals surface area contributed by atoms with Crippen LogP contribution in [0.2, 0.25) is 0 Å². The molecule has 2 saturated heterocycles. The summed E-state index contributed by atoms with van der Waals surface area (Å²) in [5.41, 5.74) is 2.63. The first-order chi connectivity index (χ1) is 23.1. The van der Waals surface area contributed by atoms with Crippen molar-refractivity contribution in [2.24, 2.45) is 0 Å². The number of aliphatic carboxylic acids is 1. The molecule has 0 atom stereocenters. The first kappa shape index (κ1) is 35.8. The molecular weight excluding hydrogens is 663 g/mol. The maximum Gasteiger partial charge on any atom is 0.490 e. The SMILES string of the molecule is COC(=O)c1cc(Nc2nc(Nc3cccc(C(C)(C)O)n3)c3c(C)csc3n2)ccc1N1CCC(N2CCC2)CC1.O=C(O)C(F)(F)F. The molecule has 4 aromatic rings. The number of nitrogens with zero attached hydrogens (tertiary/aromatic N) is 5. The van der Waals surface area contributed by atoms with E-state index in [0.717, 1.165) is 47.4 Å². The quantitative estimate of drug-likeness (QED) is 0.155. The number of benzene rings is 1. The summed E-state index contributed by atoms with van der Waals surface area (Å²) in [6.45, 7) is 9.67. The number of aryl methyl sites for hydroxylation is 1. The van der Waals surface area contributed by atoms with E-state index < -0.39 is 17.7 Å². The zero-order chi connectivity index (χ0) is 35.5. The number of fused-ring (bicyclic) bond motifs is 1. The molecule has 0 aliphatic carbocycles. The van der Waals surface area contributed by atoms with Gasteiger partial charge in [0.25, 0.3) is 0 Å². The number of carbonyl (C=O) groups excluding carboxylic acids is 1. The number of esters is 1. The number of carboxylic acid groups (broad SMARTS) is 1. The molecule has 49 heavy (non-hydrogen) atoms. The first-order valence-electron chi connectivity index (χ1n) is 15.7. The average Bonchev–Trinajstić information content (AvgIpc) is 3.40. The van der Waals surface area contributed by atoms with Crippen LogP contribution in [-0.4, -0.2) is 87.5 Å². The molecule has 6 rings (SSSR count). The van der Waals surface area contributed by atoms with E-state index in [9.17, 15) is 23.1 Å². The molecular formula is C33H38F3N7O5S. The number of methoxy groups -OCH3 is 1. The second kappa shape index (κ2) is 14.5. The Balaban J connectivity index is 0.000000606. The molecule has 0 bridgehead atoms. The van der Waals surface area contributed by atoms with Crippen LogP contribution in [0.3, 0.4) is 0 Å². The monoisotopic (exact) mass is 701 g/mol. The summed E-state index contributed by atoms with van der Waals surface area (Å²) in [5, 5.41) is 27.2. The van der Waals surface area contributed by atoms with Crippen LogP contribution in [0.5, 0.6) is 0 Å². The third-order valence-electron chi connectivity index (χ3n) is 8.35. The Hall–Kier alpha value is -4.54. The fourth-order valence-electron chi connectivity index (χ4n) is 5.67. The Kier molecular flexibility index (Phi) is 10.6. The second-order valence-corrected chi connectivity index (χ2v) is 13.2. The second-order valence-electron chi connectivity index (χ2n) is 12.3. The number of nitrogens with one attached hydrogen (secondary N) is 2. The number of hydrogen-bond donors (Lipinski definition) is 4. The van der Waals surface area contributed by atoms with Gasteiger partial charge < -0.3 is 35.4 Å². The lowest BCUT2D eigenvalue weighted by Gasteiger charge is -2.43. The number of anilines is 5. The summed E-state index contributed by atoms with van der Waals surface area (Å²) in [4.78, 5) is 41.6. The molecule has 3 aromatic heterocycles. The molecule has 4 N–H and O–H groups in total. The number of rotatable bonds is 8. The summed E-state index contributed by atoms with van der Waals surface area (Å²) in [6.07, 6.45) is -1.59. The molecule has 0 radical (unpaired) electrons. The molecule has 0 spiro atoms. The molecule has 0 amide bonds. The minimum Gasteiger partial charge on any atom is -0.475 e. The van der Waals surface area contributed by atoms with Crippen molar-refractivity contribution in [1.82, 2.24) is 19.9 Å². The zero-order valence-electron chi connectivity index (χ0n) is 27.5. The standard InChI is InChI=1S/C31H37N7O3S.C2HF3O2/c1-19-18-42-28-26(19)27(34-25-8-5-7-24(33-25)31(2,3)40)35-30(36-28)32-20-9-10-23(22(17-20)29(39)41-4)38-15-11-21(12-16-38)37-13-6-14-37;3-2(4,5)1(6)7/h5,7-10,17-18,21,40H,6,11-16H2,1-4H3,(H2,32,33,34,35,36);(H,6,7). The van der Waals surface area contributed by atoms with E-state index in [-0.39, 0.29) is 5.97 Å². The normalized spacial score (nSPS) is 15.6. The van der Waals surface area contributed by atoms with Crippen molar-refractivity contribution in [3.8, 4) is 0 Å². The number of carboxylic acids is 1. The van der Waals surface area contributed by atoms with Crippen molar-refractivity contribution in [1.29, 1.82) is 0 Å². The number of ether oxygens (including phenoxy) is 1. The van der Waals surface area contributed by atoms with E-state index in [2.05, 4.69) is 25.4 Å². The Labute approximate surface area is 285 Å². The van der Waals surface area contributed by atoms with Crippen LogP contribution in [0.15, 0.2) is 41.8 Å². The Morgan fingerprint density at radius 1 is 1.02 bits per heavy atom. The summed E-state index contributed by atoms with van der Waals surface area (Å²) in [7, 11) is 1.41. The van der Waals surface area contributed by atoms with Crippen LogP contribution in [0, 0.1) is 6.92 Å². The van der Waals surface area contributed by atoms with E-state index >= 15 is 0 Å². The van der Waals surface area contributed by atoms with E-state index in [1.54, 1.807) is 19.9 Å². The number of halogens is 3. The third-order valence-corrected chi connectivity index (χ3v) is 9.34. The molecule has 16 heteroatoms. The lowest BCUT2D eigenvalue weighted by Crippen LogP contribution is -2.50. The van der Waals surface area contributed by atoms with Crippen molar-refractivity contribution in [2.75, 3.05) is 48.8 Å². The molecule has 2 fully saturated rings. The van der Waals surface area contributed by atoms with E-state index in [1.807, 2.05) is 42.6 Å². The van der Waals surface area contributed by atoms with E-state index in [0.29, 0.717) is 40.6 Å². The number of hydrogen-bond acceptors (Lipinski definition) is 12. The maximum absolute atomic E-state index is 12.9. The molecule has 5 heterocycles. The van der Waals surface area contributed by atoms with Gasteiger partial charge in [-0.3, -0.25) is 0 Å². The minimum atomic E-state index is -5.08.